The quantitative estimate of drug-likeness (QED) is 0.598. The number of rotatable bonds is 6. The fraction of sp³-hybridized carbons (Fsp3) is 0.333. The molecule has 0 fully saturated rings. The highest BCUT2D eigenvalue weighted by Crippen LogP contribution is 2.20. The first-order valence-electron chi connectivity index (χ1n) is 5.80. The van der Waals surface area contributed by atoms with Crippen molar-refractivity contribution in [2.75, 3.05) is 13.1 Å². The Morgan fingerprint density at radius 3 is 2.94 bits per heavy atom. The molecule has 1 unspecified atom stereocenters. The van der Waals surface area contributed by atoms with Crippen LogP contribution in [0.5, 0.6) is 5.75 Å². The fourth-order valence-corrected chi connectivity index (χ4v) is 1.51. The normalized spacial score (nSPS) is 12.3. The molecule has 0 heterocycles. The third-order valence-corrected chi connectivity index (χ3v) is 2.25. The van der Waals surface area contributed by atoms with Gasteiger partial charge in [-0.1, -0.05) is 36.3 Å². The van der Waals surface area contributed by atoms with Crippen molar-refractivity contribution < 1.29 is 4.74 Å². The maximum Gasteiger partial charge on any atom is 0.126 e. The molecule has 2 nitrogen and oxygen atoms in total. The van der Waals surface area contributed by atoms with Gasteiger partial charge in [0.2, 0.25) is 0 Å². The molecule has 0 spiro atoms. The number of nitrogens with one attached hydrogen (secondary N) is 1. The highest BCUT2D eigenvalue weighted by Gasteiger charge is 2.05. The first kappa shape index (κ1) is 13.3. The van der Waals surface area contributed by atoms with Crippen LogP contribution in [0, 0.1) is 12.3 Å². The summed E-state index contributed by atoms with van der Waals surface area (Å²) in [7, 11) is 0. The van der Waals surface area contributed by atoms with Crippen molar-refractivity contribution in [3.8, 4) is 18.1 Å². The van der Waals surface area contributed by atoms with Crippen molar-refractivity contribution in [1.82, 2.24) is 5.32 Å². The van der Waals surface area contributed by atoms with E-state index in [4.69, 9.17) is 11.2 Å². The molecule has 90 valence electrons. The minimum Gasteiger partial charge on any atom is -0.489 e. The lowest BCUT2D eigenvalue weighted by atomic mass is 10.2. The molecular weight excluding hydrogens is 210 g/mol. The zero-order valence-electron chi connectivity index (χ0n) is 10.4. The number of ether oxygens (including phenoxy) is 1. The van der Waals surface area contributed by atoms with E-state index >= 15 is 0 Å². The van der Waals surface area contributed by atoms with Gasteiger partial charge in [0.05, 0.1) is 6.54 Å². The molecule has 0 bridgehead atoms. The number of hydrogen-bond acceptors (Lipinski definition) is 2. The maximum absolute atomic E-state index is 5.86. The first-order valence-corrected chi connectivity index (χ1v) is 5.80. The average Bonchev–Trinajstić information content (AvgIpc) is 2.32. The van der Waals surface area contributed by atoms with Crippen LogP contribution in [0.1, 0.15) is 19.4 Å². The van der Waals surface area contributed by atoms with Gasteiger partial charge in [0.15, 0.2) is 0 Å². The molecule has 0 aromatic heterocycles. The second kappa shape index (κ2) is 7.54. The Labute approximate surface area is 104 Å². The number of terminal acetylenes is 1. The summed E-state index contributed by atoms with van der Waals surface area (Å²) in [5, 5.41) is 3.13. The van der Waals surface area contributed by atoms with E-state index in [2.05, 4.69) is 11.2 Å². The van der Waals surface area contributed by atoms with Crippen LogP contribution < -0.4 is 10.1 Å². The Balaban J connectivity index is 2.58. The van der Waals surface area contributed by atoms with Gasteiger partial charge in [-0.3, -0.25) is 0 Å². The second-order valence-corrected chi connectivity index (χ2v) is 3.80. The smallest absolute Gasteiger partial charge is 0.126 e. The molecule has 0 radical (unpaired) electrons. The summed E-state index contributed by atoms with van der Waals surface area (Å²) in [5.41, 5.74) is 1.10. The summed E-state index contributed by atoms with van der Waals surface area (Å²) < 4.78 is 5.86. The molecule has 1 rings (SSSR count). The molecule has 1 N–H and O–H groups in total. The van der Waals surface area contributed by atoms with Crippen molar-refractivity contribution in [3.63, 3.8) is 0 Å². The Bertz CT molecular complexity index is 404. The summed E-state index contributed by atoms with van der Waals surface area (Å²) in [4.78, 5) is 0. The Kier molecular flexibility index (Phi) is 5.92. The molecule has 0 aliphatic heterocycles. The summed E-state index contributed by atoms with van der Waals surface area (Å²) in [5.74, 6) is 3.44. The second-order valence-electron chi connectivity index (χ2n) is 3.80. The molecule has 0 amide bonds. The number of para-hydroxylation sites is 1. The van der Waals surface area contributed by atoms with Crippen LogP contribution in [0.3, 0.4) is 0 Å². The van der Waals surface area contributed by atoms with E-state index < -0.39 is 0 Å². The van der Waals surface area contributed by atoms with Crippen LogP contribution in [0.4, 0.5) is 0 Å². The van der Waals surface area contributed by atoms with Gasteiger partial charge in [0.1, 0.15) is 11.9 Å². The third kappa shape index (κ3) is 4.76. The predicted octanol–water partition coefficient (Wildman–Crippen LogP) is 2.71. The zero-order valence-corrected chi connectivity index (χ0v) is 10.4. The van der Waals surface area contributed by atoms with Gasteiger partial charge in [-0.05, 0) is 19.9 Å². The topological polar surface area (TPSA) is 21.3 Å². The minimum atomic E-state index is 0.0924. The van der Waals surface area contributed by atoms with Crippen LogP contribution in [0.2, 0.25) is 0 Å². The van der Waals surface area contributed by atoms with E-state index in [1.807, 2.05) is 50.3 Å². The number of benzene rings is 1. The third-order valence-electron chi connectivity index (χ3n) is 2.25. The lowest BCUT2D eigenvalue weighted by Crippen LogP contribution is -2.29. The monoisotopic (exact) mass is 229 g/mol. The fourth-order valence-electron chi connectivity index (χ4n) is 1.51. The zero-order chi connectivity index (χ0) is 12.5. The van der Waals surface area contributed by atoms with E-state index in [0.717, 1.165) is 17.9 Å². The van der Waals surface area contributed by atoms with Crippen molar-refractivity contribution >= 4 is 6.08 Å². The summed E-state index contributed by atoms with van der Waals surface area (Å²) in [6.45, 7) is 5.34. The maximum atomic E-state index is 5.86. The molecule has 0 aliphatic carbocycles. The van der Waals surface area contributed by atoms with Crippen LogP contribution >= 0.6 is 0 Å². The van der Waals surface area contributed by atoms with Crippen molar-refractivity contribution in [2.24, 2.45) is 0 Å². The van der Waals surface area contributed by atoms with Crippen molar-refractivity contribution in [1.29, 1.82) is 0 Å². The van der Waals surface area contributed by atoms with E-state index in [1.54, 1.807) is 0 Å². The van der Waals surface area contributed by atoms with Crippen LogP contribution in [0.25, 0.3) is 6.08 Å². The average molecular weight is 229 g/mol. The summed E-state index contributed by atoms with van der Waals surface area (Å²) in [6.07, 6.45) is 9.30. The Morgan fingerprint density at radius 2 is 2.24 bits per heavy atom. The lowest BCUT2D eigenvalue weighted by Gasteiger charge is -2.16. The van der Waals surface area contributed by atoms with Crippen molar-refractivity contribution in [3.05, 3.63) is 35.9 Å². The lowest BCUT2D eigenvalue weighted by molar-refractivity contribution is 0.219. The molecule has 1 aromatic carbocycles. The van der Waals surface area contributed by atoms with E-state index in [1.165, 1.54) is 0 Å². The first-order chi connectivity index (χ1) is 8.27. The Hall–Kier alpha value is -1.72. The van der Waals surface area contributed by atoms with Gasteiger partial charge in [-0.25, -0.2) is 0 Å². The van der Waals surface area contributed by atoms with E-state index in [0.29, 0.717) is 6.54 Å². The van der Waals surface area contributed by atoms with E-state index in [-0.39, 0.29) is 6.10 Å². The van der Waals surface area contributed by atoms with Crippen LogP contribution in [-0.2, 0) is 0 Å². The van der Waals surface area contributed by atoms with Gasteiger partial charge in [-0.2, -0.15) is 0 Å². The molecule has 2 heteroatoms. The van der Waals surface area contributed by atoms with E-state index in [9.17, 15) is 0 Å². The molecule has 0 aliphatic rings. The summed E-state index contributed by atoms with van der Waals surface area (Å²) in [6, 6.07) is 8.00. The molecule has 1 atom stereocenters. The predicted molar refractivity (Wildman–Crippen MR) is 72.9 cm³/mol. The van der Waals surface area contributed by atoms with Gasteiger partial charge in [-0.15, -0.1) is 6.42 Å². The van der Waals surface area contributed by atoms with Gasteiger partial charge >= 0.3 is 0 Å². The molecule has 0 saturated carbocycles. The SMILES string of the molecule is C#CCNCC(C)Oc1ccccc1C=CC. The van der Waals surface area contributed by atoms with Crippen LogP contribution in [0.15, 0.2) is 30.3 Å². The van der Waals surface area contributed by atoms with Crippen LogP contribution in [-0.4, -0.2) is 19.2 Å². The Morgan fingerprint density at radius 1 is 1.47 bits per heavy atom. The summed E-state index contributed by atoms with van der Waals surface area (Å²) >= 11 is 0. The number of hydrogen-bond donors (Lipinski definition) is 1. The van der Waals surface area contributed by atoms with Gasteiger partial charge < -0.3 is 10.1 Å². The highest BCUT2D eigenvalue weighted by atomic mass is 16.5. The molecule has 1 aromatic rings. The minimum absolute atomic E-state index is 0.0924. The number of allylic oxidation sites excluding steroid dienone is 1. The highest BCUT2D eigenvalue weighted by molar-refractivity contribution is 5.56. The molecule has 17 heavy (non-hydrogen) atoms. The molecule has 0 saturated heterocycles. The standard InChI is InChI=1S/C15H19NO/c1-4-8-14-9-6-7-10-15(14)17-13(3)12-16-11-5-2/h2,4,6-10,13,16H,11-12H2,1,3H3. The largest absolute Gasteiger partial charge is 0.489 e. The van der Waals surface area contributed by atoms with Gasteiger partial charge in [0.25, 0.3) is 0 Å². The molecular formula is C15H19NO. The van der Waals surface area contributed by atoms with Gasteiger partial charge in [0, 0.05) is 12.1 Å². The van der Waals surface area contributed by atoms with Crippen molar-refractivity contribution in [2.45, 2.75) is 20.0 Å².